The number of hydrogen-bond acceptors (Lipinski definition) is 2. The molecule has 1 unspecified atom stereocenters. The summed E-state index contributed by atoms with van der Waals surface area (Å²) in [5.41, 5.74) is 1.95. The van der Waals surface area contributed by atoms with E-state index >= 15 is 0 Å². The maximum atomic E-state index is 3.75. The van der Waals surface area contributed by atoms with E-state index < -0.39 is 0 Å². The highest BCUT2D eigenvalue weighted by atomic mass is 32.1. The molecule has 2 heteroatoms. The van der Waals surface area contributed by atoms with Crippen LogP contribution in [0.1, 0.15) is 60.9 Å². The zero-order chi connectivity index (χ0) is 12.5. The van der Waals surface area contributed by atoms with Crippen molar-refractivity contribution in [1.82, 2.24) is 5.32 Å². The van der Waals surface area contributed by atoms with Gasteiger partial charge in [-0.1, -0.05) is 26.7 Å². The molecule has 0 saturated heterocycles. The molecule has 1 nitrogen and oxygen atoms in total. The Labute approximate surface area is 110 Å². The van der Waals surface area contributed by atoms with Gasteiger partial charge in [0.2, 0.25) is 0 Å². The second-order valence-corrected chi connectivity index (χ2v) is 7.04. The van der Waals surface area contributed by atoms with Crippen molar-refractivity contribution in [3.05, 3.63) is 21.4 Å². The van der Waals surface area contributed by atoms with Crippen LogP contribution >= 0.6 is 11.3 Å². The topological polar surface area (TPSA) is 12.0 Å². The molecule has 1 fully saturated rings. The highest BCUT2D eigenvalue weighted by molar-refractivity contribution is 7.12. The van der Waals surface area contributed by atoms with Gasteiger partial charge in [0.25, 0.3) is 0 Å². The number of thiophene rings is 1. The van der Waals surface area contributed by atoms with Crippen LogP contribution in [0.15, 0.2) is 6.07 Å². The molecule has 96 valence electrons. The second-order valence-electron chi connectivity index (χ2n) is 5.76. The number of nitrogens with one attached hydrogen (secondary N) is 1. The number of hydrogen-bond donors (Lipinski definition) is 1. The van der Waals surface area contributed by atoms with Crippen molar-refractivity contribution in [2.75, 3.05) is 6.54 Å². The zero-order valence-electron chi connectivity index (χ0n) is 11.6. The van der Waals surface area contributed by atoms with Gasteiger partial charge >= 0.3 is 0 Å². The predicted octanol–water partition coefficient (Wildman–Crippen LogP) is 4.60. The van der Waals surface area contributed by atoms with Crippen molar-refractivity contribution in [3.63, 3.8) is 0 Å². The fourth-order valence-corrected chi connectivity index (χ4v) is 4.57. The van der Waals surface area contributed by atoms with E-state index in [0.717, 1.165) is 6.54 Å². The van der Waals surface area contributed by atoms with E-state index in [0.29, 0.717) is 11.5 Å². The minimum Gasteiger partial charge on any atom is -0.309 e. The first-order chi connectivity index (χ1) is 8.07. The Morgan fingerprint density at radius 2 is 2.00 bits per heavy atom. The summed E-state index contributed by atoms with van der Waals surface area (Å²) in [7, 11) is 0. The first-order valence-corrected chi connectivity index (χ1v) is 7.69. The summed E-state index contributed by atoms with van der Waals surface area (Å²) in [6, 6.07) is 2.90. The van der Waals surface area contributed by atoms with Gasteiger partial charge in [-0.3, -0.25) is 0 Å². The molecule has 1 saturated carbocycles. The number of aryl methyl sites for hydroxylation is 2. The van der Waals surface area contributed by atoms with E-state index in [4.69, 9.17) is 0 Å². The Bertz CT molecular complexity index is 374. The SMILES string of the molecule is CCNC(c1sc(C)cc1C)C1(C)CCCC1. The van der Waals surface area contributed by atoms with Gasteiger partial charge in [-0.2, -0.15) is 0 Å². The maximum absolute atomic E-state index is 3.75. The molecule has 1 aromatic rings. The molecule has 1 N–H and O–H groups in total. The van der Waals surface area contributed by atoms with Crippen molar-refractivity contribution in [2.24, 2.45) is 5.41 Å². The summed E-state index contributed by atoms with van der Waals surface area (Å²) in [6.07, 6.45) is 5.56. The van der Waals surface area contributed by atoms with Gasteiger partial charge in [-0.15, -0.1) is 11.3 Å². The van der Waals surface area contributed by atoms with E-state index in [1.165, 1.54) is 36.1 Å². The fourth-order valence-electron chi connectivity index (χ4n) is 3.28. The maximum Gasteiger partial charge on any atom is 0.0472 e. The van der Waals surface area contributed by atoms with Gasteiger partial charge in [-0.05, 0) is 50.3 Å². The van der Waals surface area contributed by atoms with Crippen molar-refractivity contribution in [3.8, 4) is 0 Å². The largest absolute Gasteiger partial charge is 0.309 e. The molecular formula is C15H25NS. The van der Waals surface area contributed by atoms with Crippen LogP contribution in [-0.4, -0.2) is 6.54 Å². The van der Waals surface area contributed by atoms with Gasteiger partial charge in [0.05, 0.1) is 0 Å². The van der Waals surface area contributed by atoms with E-state index in [1.54, 1.807) is 4.88 Å². The summed E-state index contributed by atoms with van der Waals surface area (Å²) in [5.74, 6) is 0. The molecular weight excluding hydrogens is 226 g/mol. The molecule has 0 amide bonds. The van der Waals surface area contributed by atoms with Gasteiger partial charge in [0, 0.05) is 15.8 Å². The predicted molar refractivity (Wildman–Crippen MR) is 76.8 cm³/mol. The lowest BCUT2D eigenvalue weighted by molar-refractivity contribution is 0.229. The lowest BCUT2D eigenvalue weighted by Gasteiger charge is -2.34. The first-order valence-electron chi connectivity index (χ1n) is 6.87. The first kappa shape index (κ1) is 13.1. The van der Waals surface area contributed by atoms with Crippen LogP contribution in [0.5, 0.6) is 0 Å². The van der Waals surface area contributed by atoms with Crippen LogP contribution in [0.3, 0.4) is 0 Å². The van der Waals surface area contributed by atoms with Crippen molar-refractivity contribution < 1.29 is 0 Å². The summed E-state index contributed by atoms with van der Waals surface area (Å²) >= 11 is 1.99. The average molecular weight is 251 g/mol. The smallest absolute Gasteiger partial charge is 0.0472 e. The quantitative estimate of drug-likeness (QED) is 0.825. The van der Waals surface area contributed by atoms with Crippen molar-refractivity contribution >= 4 is 11.3 Å². The molecule has 0 spiro atoms. The zero-order valence-corrected chi connectivity index (χ0v) is 12.4. The molecule has 0 aromatic carbocycles. The average Bonchev–Trinajstić information content (AvgIpc) is 2.83. The van der Waals surface area contributed by atoms with Gasteiger partial charge in [-0.25, -0.2) is 0 Å². The highest BCUT2D eigenvalue weighted by Gasteiger charge is 2.38. The molecule has 0 aliphatic heterocycles. The molecule has 1 aromatic heterocycles. The summed E-state index contributed by atoms with van der Waals surface area (Å²) in [4.78, 5) is 3.02. The molecule has 1 aliphatic carbocycles. The molecule has 2 rings (SSSR count). The Morgan fingerprint density at radius 1 is 1.35 bits per heavy atom. The van der Waals surface area contributed by atoms with Gasteiger partial charge < -0.3 is 5.32 Å². The summed E-state index contributed by atoms with van der Waals surface area (Å²) in [5, 5.41) is 3.75. The molecule has 1 heterocycles. The van der Waals surface area contributed by atoms with E-state index in [9.17, 15) is 0 Å². The van der Waals surface area contributed by atoms with Crippen LogP contribution in [-0.2, 0) is 0 Å². The third-order valence-corrected chi connectivity index (χ3v) is 5.41. The Kier molecular flexibility index (Phi) is 3.94. The van der Waals surface area contributed by atoms with E-state index in [1.807, 2.05) is 11.3 Å². The minimum absolute atomic E-state index is 0.470. The van der Waals surface area contributed by atoms with E-state index in [2.05, 4.69) is 39.1 Å². The van der Waals surface area contributed by atoms with Crippen LogP contribution in [0.4, 0.5) is 0 Å². The van der Waals surface area contributed by atoms with Crippen LogP contribution in [0, 0.1) is 19.3 Å². The van der Waals surface area contributed by atoms with Crippen LogP contribution in [0.25, 0.3) is 0 Å². The third kappa shape index (κ3) is 2.58. The normalized spacial score (nSPS) is 20.7. The molecule has 17 heavy (non-hydrogen) atoms. The monoisotopic (exact) mass is 251 g/mol. The van der Waals surface area contributed by atoms with Crippen LogP contribution < -0.4 is 5.32 Å². The van der Waals surface area contributed by atoms with Gasteiger partial charge in [0.15, 0.2) is 0 Å². The van der Waals surface area contributed by atoms with Crippen LogP contribution in [0.2, 0.25) is 0 Å². The Hall–Kier alpha value is -0.340. The Balaban J connectivity index is 2.31. The highest BCUT2D eigenvalue weighted by Crippen LogP contribution is 2.49. The molecule has 0 bridgehead atoms. The van der Waals surface area contributed by atoms with Crippen molar-refractivity contribution in [1.29, 1.82) is 0 Å². The van der Waals surface area contributed by atoms with Crippen molar-refractivity contribution in [2.45, 2.75) is 59.4 Å². The summed E-state index contributed by atoms with van der Waals surface area (Å²) < 4.78 is 0. The lowest BCUT2D eigenvalue weighted by Crippen LogP contribution is -2.34. The minimum atomic E-state index is 0.470. The molecule has 1 aliphatic rings. The number of rotatable bonds is 4. The molecule has 0 radical (unpaired) electrons. The lowest BCUT2D eigenvalue weighted by atomic mass is 9.79. The summed E-state index contributed by atoms with van der Waals surface area (Å²) in [6.45, 7) is 10.3. The second kappa shape index (κ2) is 5.11. The molecule has 1 atom stereocenters. The standard InChI is InChI=1S/C15H25NS/c1-5-16-14(15(4)8-6-7-9-15)13-11(2)10-12(3)17-13/h10,14,16H,5-9H2,1-4H3. The van der Waals surface area contributed by atoms with E-state index in [-0.39, 0.29) is 0 Å². The third-order valence-electron chi connectivity index (χ3n) is 4.19. The Morgan fingerprint density at radius 3 is 2.47 bits per heavy atom. The fraction of sp³-hybridized carbons (Fsp3) is 0.733. The van der Waals surface area contributed by atoms with Gasteiger partial charge in [0.1, 0.15) is 0 Å².